The maximum atomic E-state index is 2.42. The van der Waals surface area contributed by atoms with Gasteiger partial charge in [0, 0.05) is 5.41 Å². The Bertz CT molecular complexity index is 676. The summed E-state index contributed by atoms with van der Waals surface area (Å²) in [7, 11) is 0. The van der Waals surface area contributed by atoms with Crippen LogP contribution in [0.15, 0.2) is 48.5 Å². The third-order valence-corrected chi connectivity index (χ3v) is 4.37. The summed E-state index contributed by atoms with van der Waals surface area (Å²) in [5.41, 5.74) is 8.35. The van der Waals surface area contributed by atoms with Crippen LogP contribution in [0.3, 0.4) is 0 Å². The maximum absolute atomic E-state index is 2.42. The third-order valence-electron chi connectivity index (χ3n) is 4.37. The van der Waals surface area contributed by atoms with Gasteiger partial charge in [-0.25, -0.2) is 0 Å². The molecule has 1 unspecified atom stereocenters. The molecule has 0 fully saturated rings. The van der Waals surface area contributed by atoms with E-state index in [0.29, 0.717) is 0 Å². The van der Waals surface area contributed by atoms with Gasteiger partial charge < -0.3 is 0 Å². The highest BCUT2D eigenvalue weighted by Gasteiger charge is 2.34. The molecule has 2 aromatic carbocycles. The molecule has 0 saturated carbocycles. The van der Waals surface area contributed by atoms with E-state index in [0.717, 1.165) is 0 Å². The zero-order chi connectivity index (χ0) is 13.6. The molecule has 1 aliphatic rings. The van der Waals surface area contributed by atoms with E-state index in [4.69, 9.17) is 0 Å². The standard InChI is InChI=1S/C19H20/c1-13-9-10-14(2)18(11-13)19(4)12-15(3)16-7-5-6-8-17(16)19/h5-12H,1-4H3. The number of rotatable bonds is 1. The molecule has 0 nitrogen and oxygen atoms in total. The van der Waals surface area contributed by atoms with Crippen molar-refractivity contribution in [3.63, 3.8) is 0 Å². The van der Waals surface area contributed by atoms with Crippen LogP contribution in [0.4, 0.5) is 0 Å². The monoisotopic (exact) mass is 248 g/mol. The lowest BCUT2D eigenvalue weighted by atomic mass is 9.76. The first-order chi connectivity index (χ1) is 9.02. The molecule has 0 saturated heterocycles. The van der Waals surface area contributed by atoms with Gasteiger partial charge in [-0.2, -0.15) is 0 Å². The average molecular weight is 248 g/mol. The summed E-state index contributed by atoms with van der Waals surface area (Å²) in [4.78, 5) is 0. The van der Waals surface area contributed by atoms with Crippen molar-refractivity contribution >= 4 is 5.57 Å². The molecule has 0 N–H and O–H groups in total. The molecular formula is C19H20. The molecule has 0 radical (unpaired) electrons. The van der Waals surface area contributed by atoms with Gasteiger partial charge in [0.05, 0.1) is 0 Å². The first kappa shape index (κ1) is 12.2. The highest BCUT2D eigenvalue weighted by atomic mass is 14.4. The van der Waals surface area contributed by atoms with Gasteiger partial charge in [0.25, 0.3) is 0 Å². The van der Waals surface area contributed by atoms with Gasteiger partial charge in [0.2, 0.25) is 0 Å². The predicted octanol–water partition coefficient (Wildman–Crippen LogP) is 5.03. The van der Waals surface area contributed by atoms with Gasteiger partial charge >= 0.3 is 0 Å². The lowest BCUT2D eigenvalue weighted by Gasteiger charge is -2.27. The zero-order valence-electron chi connectivity index (χ0n) is 12.1. The van der Waals surface area contributed by atoms with Gasteiger partial charge in [0.15, 0.2) is 0 Å². The molecule has 3 rings (SSSR count). The van der Waals surface area contributed by atoms with Gasteiger partial charge in [-0.1, -0.05) is 54.1 Å². The number of aryl methyl sites for hydroxylation is 2. The summed E-state index contributed by atoms with van der Waals surface area (Å²) < 4.78 is 0. The molecule has 96 valence electrons. The van der Waals surface area contributed by atoms with Crippen molar-refractivity contribution in [2.75, 3.05) is 0 Å². The highest BCUT2D eigenvalue weighted by molar-refractivity contribution is 5.77. The minimum absolute atomic E-state index is 0.0107. The Morgan fingerprint density at radius 2 is 1.58 bits per heavy atom. The molecule has 0 aromatic heterocycles. The fourth-order valence-electron chi connectivity index (χ4n) is 3.39. The summed E-state index contributed by atoms with van der Waals surface area (Å²) in [6.07, 6.45) is 2.42. The van der Waals surface area contributed by atoms with E-state index in [2.05, 4.69) is 76.2 Å². The first-order valence-corrected chi connectivity index (χ1v) is 6.89. The van der Waals surface area contributed by atoms with Crippen molar-refractivity contribution in [2.24, 2.45) is 0 Å². The molecule has 0 aliphatic heterocycles. The quantitative estimate of drug-likeness (QED) is 0.664. The molecule has 0 amide bonds. The van der Waals surface area contributed by atoms with Crippen LogP contribution in [0, 0.1) is 13.8 Å². The van der Waals surface area contributed by atoms with E-state index in [1.807, 2.05) is 0 Å². The van der Waals surface area contributed by atoms with Crippen molar-refractivity contribution in [1.29, 1.82) is 0 Å². The van der Waals surface area contributed by atoms with Crippen LogP contribution in [-0.2, 0) is 5.41 Å². The van der Waals surface area contributed by atoms with Crippen LogP contribution in [0.1, 0.15) is 41.7 Å². The van der Waals surface area contributed by atoms with Gasteiger partial charge in [0.1, 0.15) is 0 Å². The van der Waals surface area contributed by atoms with Crippen molar-refractivity contribution in [1.82, 2.24) is 0 Å². The summed E-state index contributed by atoms with van der Waals surface area (Å²) in [5.74, 6) is 0. The second-order valence-electron chi connectivity index (χ2n) is 5.89. The lowest BCUT2D eigenvalue weighted by molar-refractivity contribution is 0.730. The smallest absolute Gasteiger partial charge is 0.0368 e. The Morgan fingerprint density at radius 1 is 0.842 bits per heavy atom. The summed E-state index contributed by atoms with van der Waals surface area (Å²) in [5, 5.41) is 0. The molecule has 0 heterocycles. The van der Waals surface area contributed by atoms with Crippen molar-refractivity contribution in [3.05, 3.63) is 76.4 Å². The molecule has 1 aliphatic carbocycles. The van der Waals surface area contributed by atoms with E-state index in [9.17, 15) is 0 Å². The average Bonchev–Trinajstić information content (AvgIpc) is 2.66. The number of fused-ring (bicyclic) bond motifs is 1. The third kappa shape index (κ3) is 1.74. The highest BCUT2D eigenvalue weighted by Crippen LogP contribution is 2.45. The van der Waals surface area contributed by atoms with Crippen molar-refractivity contribution in [3.8, 4) is 0 Å². The summed E-state index contributed by atoms with van der Waals surface area (Å²) in [6, 6.07) is 15.5. The van der Waals surface area contributed by atoms with E-state index >= 15 is 0 Å². The largest absolute Gasteiger partial charge is 0.0663 e. The second-order valence-corrected chi connectivity index (χ2v) is 5.89. The second kappa shape index (κ2) is 4.09. The van der Waals surface area contributed by atoms with E-state index in [1.165, 1.54) is 33.4 Å². The van der Waals surface area contributed by atoms with Crippen LogP contribution in [0.5, 0.6) is 0 Å². The number of benzene rings is 2. The summed E-state index contributed by atoms with van der Waals surface area (Å²) in [6.45, 7) is 8.94. The van der Waals surface area contributed by atoms with Crippen LogP contribution >= 0.6 is 0 Å². The molecule has 0 heteroatoms. The van der Waals surface area contributed by atoms with Crippen molar-refractivity contribution in [2.45, 2.75) is 33.1 Å². The van der Waals surface area contributed by atoms with Crippen LogP contribution in [0.25, 0.3) is 5.57 Å². The number of allylic oxidation sites excluding steroid dienone is 2. The predicted molar refractivity (Wildman–Crippen MR) is 82.5 cm³/mol. The van der Waals surface area contributed by atoms with Crippen LogP contribution < -0.4 is 0 Å². The Hall–Kier alpha value is -1.82. The van der Waals surface area contributed by atoms with Crippen LogP contribution in [0.2, 0.25) is 0 Å². The first-order valence-electron chi connectivity index (χ1n) is 6.89. The van der Waals surface area contributed by atoms with Gasteiger partial charge in [-0.15, -0.1) is 0 Å². The topological polar surface area (TPSA) is 0 Å². The molecule has 1 atom stereocenters. The molecule has 19 heavy (non-hydrogen) atoms. The number of hydrogen-bond donors (Lipinski definition) is 0. The maximum Gasteiger partial charge on any atom is 0.0368 e. The van der Waals surface area contributed by atoms with E-state index < -0.39 is 0 Å². The molecular weight excluding hydrogens is 228 g/mol. The number of hydrogen-bond acceptors (Lipinski definition) is 0. The SMILES string of the molecule is CC1=CC(C)(c2cc(C)ccc2C)c2ccccc21. The minimum atomic E-state index is 0.0107. The lowest BCUT2D eigenvalue weighted by Crippen LogP contribution is -2.20. The van der Waals surface area contributed by atoms with Crippen LogP contribution in [-0.4, -0.2) is 0 Å². The molecule has 0 spiro atoms. The Kier molecular flexibility index (Phi) is 2.63. The Morgan fingerprint density at radius 3 is 2.37 bits per heavy atom. The fraction of sp³-hybridized carbons (Fsp3) is 0.263. The molecule has 2 aromatic rings. The fourth-order valence-corrected chi connectivity index (χ4v) is 3.39. The van der Waals surface area contributed by atoms with E-state index in [1.54, 1.807) is 0 Å². The van der Waals surface area contributed by atoms with Gasteiger partial charge in [-0.3, -0.25) is 0 Å². The van der Waals surface area contributed by atoms with E-state index in [-0.39, 0.29) is 5.41 Å². The Balaban J connectivity index is 2.28. The minimum Gasteiger partial charge on any atom is -0.0663 e. The summed E-state index contributed by atoms with van der Waals surface area (Å²) >= 11 is 0. The normalized spacial score (nSPS) is 21.2. The zero-order valence-corrected chi connectivity index (χ0v) is 12.1. The van der Waals surface area contributed by atoms with Crippen molar-refractivity contribution < 1.29 is 0 Å². The van der Waals surface area contributed by atoms with Gasteiger partial charge in [-0.05, 0) is 55.5 Å². The molecule has 0 bridgehead atoms. The Labute approximate surface area is 115 Å².